The van der Waals surface area contributed by atoms with Crippen LogP contribution in [-0.2, 0) is 20.8 Å². The molecule has 1 fully saturated rings. The number of hydrogen-bond acceptors (Lipinski definition) is 7. The number of nitrogens with zero attached hydrogens (tertiary/aromatic N) is 1. The molecule has 0 saturated carbocycles. The third-order valence-corrected chi connectivity index (χ3v) is 6.45. The monoisotopic (exact) mass is 552 g/mol. The van der Waals surface area contributed by atoms with Crippen LogP contribution in [0, 0.1) is 10.1 Å². The summed E-state index contributed by atoms with van der Waals surface area (Å²) in [6.07, 6.45) is 2.15. The van der Waals surface area contributed by atoms with Crippen LogP contribution < -0.4 is 26.6 Å². The van der Waals surface area contributed by atoms with E-state index < -0.39 is 22.8 Å². The molecule has 0 atom stereocenters. The van der Waals surface area contributed by atoms with E-state index in [9.17, 15) is 29.3 Å². The molecule has 41 heavy (non-hydrogen) atoms. The molecule has 2 aliphatic rings. The third-order valence-electron chi connectivity index (χ3n) is 6.45. The number of nitro groups is 1. The van der Waals surface area contributed by atoms with Crippen molar-refractivity contribution in [1.29, 1.82) is 0 Å². The number of nitro benzene ring substituents is 1. The van der Waals surface area contributed by atoms with Gasteiger partial charge in [0.25, 0.3) is 17.5 Å². The lowest BCUT2D eigenvalue weighted by Crippen LogP contribution is -2.22. The molecule has 0 unspecified atom stereocenters. The van der Waals surface area contributed by atoms with Gasteiger partial charge in [0.1, 0.15) is 5.70 Å². The maximum atomic E-state index is 13.2. The van der Waals surface area contributed by atoms with E-state index in [1.54, 1.807) is 24.3 Å². The zero-order valence-corrected chi connectivity index (χ0v) is 21.7. The first-order valence-electron chi connectivity index (χ1n) is 12.6. The zero-order chi connectivity index (χ0) is 29.1. The highest BCUT2D eigenvalue weighted by atomic mass is 16.6. The van der Waals surface area contributed by atoms with Crippen molar-refractivity contribution < 1.29 is 24.1 Å². The molecule has 0 bridgehead atoms. The summed E-state index contributed by atoms with van der Waals surface area (Å²) in [7, 11) is 0. The molecule has 206 valence electrons. The molecule has 12 heteroatoms. The van der Waals surface area contributed by atoms with Crippen molar-refractivity contribution in [2.45, 2.75) is 13.3 Å². The Morgan fingerprint density at radius 2 is 1.66 bits per heavy atom. The van der Waals surface area contributed by atoms with Crippen LogP contribution in [0.15, 0.2) is 72.4 Å². The minimum absolute atomic E-state index is 0.115. The van der Waals surface area contributed by atoms with Gasteiger partial charge in [-0.2, -0.15) is 0 Å². The fourth-order valence-electron chi connectivity index (χ4n) is 4.47. The van der Waals surface area contributed by atoms with Crippen molar-refractivity contribution in [2.75, 3.05) is 17.2 Å². The molecule has 12 nitrogen and oxygen atoms in total. The minimum Gasteiger partial charge on any atom is -0.356 e. The molecule has 0 aliphatic carbocycles. The average molecular weight is 553 g/mol. The van der Waals surface area contributed by atoms with Gasteiger partial charge in [-0.15, -0.1) is 0 Å². The van der Waals surface area contributed by atoms with Gasteiger partial charge in [-0.1, -0.05) is 36.4 Å². The van der Waals surface area contributed by atoms with Crippen LogP contribution in [-0.4, -0.2) is 35.2 Å². The topological polar surface area (TPSA) is 172 Å². The minimum atomic E-state index is -0.590. The van der Waals surface area contributed by atoms with Crippen molar-refractivity contribution in [3.63, 3.8) is 0 Å². The molecule has 3 aromatic carbocycles. The Labute approximate surface area is 233 Å². The maximum absolute atomic E-state index is 13.2. The van der Waals surface area contributed by atoms with Crippen molar-refractivity contribution >= 4 is 58.2 Å². The van der Waals surface area contributed by atoms with Crippen LogP contribution in [0.1, 0.15) is 29.2 Å². The van der Waals surface area contributed by atoms with E-state index in [4.69, 9.17) is 0 Å². The highest BCUT2D eigenvalue weighted by molar-refractivity contribution is 6.37. The van der Waals surface area contributed by atoms with Gasteiger partial charge in [0.05, 0.1) is 16.2 Å². The van der Waals surface area contributed by atoms with Crippen molar-refractivity contribution in [2.24, 2.45) is 0 Å². The normalized spacial score (nSPS) is 16.0. The summed E-state index contributed by atoms with van der Waals surface area (Å²) < 4.78 is 0. The van der Waals surface area contributed by atoms with E-state index in [2.05, 4.69) is 26.6 Å². The van der Waals surface area contributed by atoms with Crippen LogP contribution in [0.5, 0.6) is 0 Å². The van der Waals surface area contributed by atoms with Crippen LogP contribution in [0.25, 0.3) is 17.3 Å². The van der Waals surface area contributed by atoms with E-state index in [0.717, 1.165) is 5.56 Å². The molecule has 5 rings (SSSR count). The summed E-state index contributed by atoms with van der Waals surface area (Å²) in [5.74, 6) is -1.05. The predicted molar refractivity (Wildman–Crippen MR) is 152 cm³/mol. The molecule has 5 N–H and O–H groups in total. The number of benzene rings is 3. The lowest BCUT2D eigenvalue weighted by atomic mass is 9.98. The molecule has 0 radical (unpaired) electrons. The van der Waals surface area contributed by atoms with Crippen molar-refractivity contribution in [3.05, 3.63) is 105 Å². The van der Waals surface area contributed by atoms with Gasteiger partial charge in [-0.25, -0.2) is 4.79 Å². The summed E-state index contributed by atoms with van der Waals surface area (Å²) in [5, 5.41) is 24.9. The van der Waals surface area contributed by atoms with Gasteiger partial charge in [0, 0.05) is 42.5 Å². The van der Waals surface area contributed by atoms with E-state index in [1.807, 2.05) is 24.3 Å². The summed E-state index contributed by atoms with van der Waals surface area (Å²) >= 11 is 0. The van der Waals surface area contributed by atoms with Gasteiger partial charge in [0.15, 0.2) is 0 Å². The number of fused-ring (bicyclic) bond motifs is 1. The standard InChI is InChI=1S/C29H24N6O6/c1-16(36)30-13-12-17-2-6-19(7-3-17)26(25-22-15-21(35(40)41)10-11-23(22)32-28(25)38)31-20-8-4-18(5-9-20)14-24-27(37)34-29(39)33-24/h2-11,14-15,31H,12-13H2,1H3,(H,30,36)(H,32,38)(H2,33,34,37,39)/b24-14-,26-25?. The second-order valence-corrected chi connectivity index (χ2v) is 9.33. The lowest BCUT2D eigenvalue weighted by molar-refractivity contribution is -0.384. The Bertz CT molecular complexity index is 1660. The summed E-state index contributed by atoms with van der Waals surface area (Å²) in [6, 6.07) is 18.0. The van der Waals surface area contributed by atoms with Gasteiger partial charge in [0.2, 0.25) is 5.91 Å². The fraction of sp³-hybridized carbons (Fsp3) is 0.103. The first kappa shape index (κ1) is 26.8. The van der Waals surface area contributed by atoms with Crippen LogP contribution in [0.4, 0.5) is 21.9 Å². The number of urea groups is 1. The number of amides is 5. The second-order valence-electron chi connectivity index (χ2n) is 9.33. The molecule has 0 spiro atoms. The predicted octanol–water partition coefficient (Wildman–Crippen LogP) is 3.39. The average Bonchev–Trinajstić information content (AvgIpc) is 3.44. The van der Waals surface area contributed by atoms with E-state index in [-0.39, 0.29) is 22.9 Å². The highest BCUT2D eigenvalue weighted by Crippen LogP contribution is 2.39. The number of carbonyl (C=O) groups excluding carboxylic acids is 4. The number of imide groups is 1. The van der Waals surface area contributed by atoms with Gasteiger partial charge in [-0.3, -0.25) is 29.8 Å². The molecule has 2 heterocycles. The number of hydrogen-bond donors (Lipinski definition) is 5. The Balaban J connectivity index is 1.51. The third kappa shape index (κ3) is 5.96. The van der Waals surface area contributed by atoms with Crippen molar-refractivity contribution in [1.82, 2.24) is 16.0 Å². The Kier molecular flexibility index (Phi) is 7.29. The summed E-state index contributed by atoms with van der Waals surface area (Å²) in [4.78, 5) is 58.5. The Morgan fingerprint density at radius 3 is 2.29 bits per heavy atom. The number of non-ortho nitro benzene ring substituents is 1. The summed E-state index contributed by atoms with van der Waals surface area (Å²) in [5.41, 5.74) is 4.40. The molecule has 3 aromatic rings. The van der Waals surface area contributed by atoms with Gasteiger partial charge in [-0.05, 0) is 47.4 Å². The molecule has 5 amide bonds. The lowest BCUT2D eigenvalue weighted by Gasteiger charge is -2.16. The van der Waals surface area contributed by atoms with Crippen LogP contribution in [0.2, 0.25) is 0 Å². The Hall–Kier alpha value is -5.78. The first-order chi connectivity index (χ1) is 19.7. The molecule has 2 aliphatic heterocycles. The van der Waals surface area contributed by atoms with Crippen molar-refractivity contribution in [3.8, 4) is 0 Å². The fourth-order valence-corrected chi connectivity index (χ4v) is 4.47. The molecular formula is C29H24N6O6. The van der Waals surface area contributed by atoms with E-state index >= 15 is 0 Å². The van der Waals surface area contributed by atoms with E-state index in [0.29, 0.717) is 46.7 Å². The quantitative estimate of drug-likeness (QED) is 0.123. The molecular weight excluding hydrogens is 528 g/mol. The number of nitrogens with one attached hydrogen (secondary N) is 5. The number of carbonyl (C=O) groups is 4. The Morgan fingerprint density at radius 1 is 0.927 bits per heavy atom. The van der Waals surface area contributed by atoms with Gasteiger partial charge < -0.3 is 21.3 Å². The van der Waals surface area contributed by atoms with Gasteiger partial charge >= 0.3 is 6.03 Å². The maximum Gasteiger partial charge on any atom is 0.326 e. The SMILES string of the molecule is CC(=O)NCCc1ccc(C(Nc2ccc(/C=C3\NC(=O)NC3=O)cc2)=C2C(=O)Nc3ccc([N+](=O)[O-])cc32)cc1. The smallest absolute Gasteiger partial charge is 0.326 e. The number of anilines is 2. The zero-order valence-electron chi connectivity index (χ0n) is 21.7. The number of rotatable bonds is 8. The highest BCUT2D eigenvalue weighted by Gasteiger charge is 2.30. The van der Waals surface area contributed by atoms with Crippen LogP contribution in [0.3, 0.4) is 0 Å². The summed E-state index contributed by atoms with van der Waals surface area (Å²) in [6.45, 7) is 1.93. The second kappa shape index (κ2) is 11.1. The largest absolute Gasteiger partial charge is 0.356 e. The van der Waals surface area contributed by atoms with E-state index in [1.165, 1.54) is 31.2 Å². The molecule has 1 saturated heterocycles. The molecule has 0 aromatic heterocycles. The first-order valence-corrected chi connectivity index (χ1v) is 12.6. The van der Waals surface area contributed by atoms with Crippen LogP contribution >= 0.6 is 0 Å².